The van der Waals surface area contributed by atoms with Crippen LogP contribution in [0.5, 0.6) is 11.5 Å². The molecule has 0 N–H and O–H groups in total. The fourth-order valence-electron chi connectivity index (χ4n) is 3.17. The molecule has 1 fully saturated rings. The van der Waals surface area contributed by atoms with Crippen LogP contribution in [-0.4, -0.2) is 38.1 Å². The Labute approximate surface area is 149 Å². The molecule has 8 heteroatoms. The van der Waals surface area contributed by atoms with E-state index in [-0.39, 0.29) is 5.91 Å². The monoisotopic (exact) mass is 352 g/mol. The molecule has 0 bridgehead atoms. The summed E-state index contributed by atoms with van der Waals surface area (Å²) in [5.41, 5.74) is 1.12. The summed E-state index contributed by atoms with van der Waals surface area (Å²) in [6.45, 7) is 0. The average Bonchev–Trinajstić information content (AvgIpc) is 3.22. The highest BCUT2D eigenvalue weighted by Gasteiger charge is 2.55. The number of ether oxygens (including phenoxy) is 2. The molecule has 26 heavy (non-hydrogen) atoms. The van der Waals surface area contributed by atoms with Gasteiger partial charge in [-0.3, -0.25) is 9.59 Å². The minimum atomic E-state index is -0.851. The lowest BCUT2D eigenvalue weighted by Gasteiger charge is -2.21. The molecular formula is C18H16N4O4. The lowest BCUT2D eigenvalue weighted by atomic mass is 10.1. The average molecular weight is 352 g/mol. The lowest BCUT2D eigenvalue weighted by Crippen LogP contribution is -2.39. The summed E-state index contributed by atoms with van der Waals surface area (Å²) >= 11 is 0. The van der Waals surface area contributed by atoms with E-state index >= 15 is 0 Å². The van der Waals surface area contributed by atoms with Crippen LogP contribution in [0.2, 0.25) is 0 Å². The maximum absolute atomic E-state index is 13.0. The van der Waals surface area contributed by atoms with Gasteiger partial charge in [0, 0.05) is 6.07 Å². The van der Waals surface area contributed by atoms with Crippen LogP contribution in [0.25, 0.3) is 0 Å². The van der Waals surface area contributed by atoms with Crippen molar-refractivity contribution in [1.82, 2.24) is 0 Å². The van der Waals surface area contributed by atoms with E-state index in [9.17, 15) is 9.59 Å². The number of carbonyl (C=O) groups excluding carboxylic acids is 2. The van der Waals surface area contributed by atoms with Crippen LogP contribution >= 0.6 is 0 Å². The Balaban J connectivity index is 1.70. The third kappa shape index (κ3) is 2.30. The van der Waals surface area contributed by atoms with E-state index in [1.807, 2.05) is 30.3 Å². The molecule has 8 nitrogen and oxygen atoms in total. The summed E-state index contributed by atoms with van der Waals surface area (Å²) < 4.78 is 10.5. The molecule has 0 saturated carbocycles. The molecule has 2 aromatic carbocycles. The minimum absolute atomic E-state index is 0.374. The van der Waals surface area contributed by atoms with Crippen LogP contribution in [0.4, 0.5) is 11.4 Å². The third-order valence-electron chi connectivity index (χ3n) is 4.43. The Kier molecular flexibility index (Phi) is 3.80. The lowest BCUT2D eigenvalue weighted by molar-refractivity contribution is -0.121. The number of rotatable bonds is 4. The molecule has 0 aromatic heterocycles. The molecule has 2 amide bonds. The van der Waals surface area contributed by atoms with Crippen molar-refractivity contribution in [2.45, 2.75) is 12.1 Å². The van der Waals surface area contributed by atoms with E-state index in [0.717, 1.165) is 4.90 Å². The molecule has 1 saturated heterocycles. The highest BCUT2D eigenvalue weighted by Crippen LogP contribution is 2.37. The van der Waals surface area contributed by atoms with Crippen molar-refractivity contribution >= 4 is 23.2 Å². The number of hydrogen-bond acceptors (Lipinski definition) is 7. The van der Waals surface area contributed by atoms with Gasteiger partial charge in [-0.05, 0) is 24.3 Å². The van der Waals surface area contributed by atoms with Crippen molar-refractivity contribution in [3.05, 3.63) is 48.5 Å². The summed E-state index contributed by atoms with van der Waals surface area (Å²) in [7, 11) is 3.02. The van der Waals surface area contributed by atoms with Gasteiger partial charge in [-0.1, -0.05) is 23.4 Å². The fourth-order valence-corrected chi connectivity index (χ4v) is 3.17. The molecule has 0 aliphatic carbocycles. The second kappa shape index (κ2) is 6.14. The van der Waals surface area contributed by atoms with Crippen LogP contribution < -0.4 is 19.4 Å². The Bertz CT molecular complexity index is 899. The molecule has 132 valence electrons. The molecule has 2 atom stereocenters. The quantitative estimate of drug-likeness (QED) is 0.788. The van der Waals surface area contributed by atoms with E-state index in [0.29, 0.717) is 22.9 Å². The van der Waals surface area contributed by atoms with Crippen molar-refractivity contribution in [2.24, 2.45) is 10.3 Å². The molecular weight excluding hydrogens is 336 g/mol. The molecule has 0 radical (unpaired) electrons. The number of benzene rings is 2. The van der Waals surface area contributed by atoms with Crippen molar-refractivity contribution in [3.8, 4) is 11.5 Å². The summed E-state index contributed by atoms with van der Waals surface area (Å²) in [6.07, 6.45) is 0. The highest BCUT2D eigenvalue weighted by atomic mass is 16.5. The Morgan fingerprint density at radius 3 is 2.31 bits per heavy atom. The van der Waals surface area contributed by atoms with E-state index in [2.05, 4.69) is 10.3 Å². The van der Waals surface area contributed by atoms with Crippen molar-refractivity contribution in [2.75, 3.05) is 24.1 Å². The summed E-state index contributed by atoms with van der Waals surface area (Å²) in [5.74, 6) is 0.167. The van der Waals surface area contributed by atoms with Crippen molar-refractivity contribution in [1.29, 1.82) is 0 Å². The standard InChI is InChI=1S/C18H16N4O4/c1-25-13-9-8-12(10-14(13)26-2)21-17(23)15-16(18(21)24)22(20-19-15)11-6-4-3-5-7-11/h3-10,15-16H,1-2H3. The number of para-hydroxylation sites is 1. The highest BCUT2D eigenvalue weighted by molar-refractivity contribution is 6.26. The van der Waals surface area contributed by atoms with Crippen LogP contribution in [0, 0.1) is 0 Å². The first kappa shape index (κ1) is 16.1. The van der Waals surface area contributed by atoms with Gasteiger partial charge in [-0.15, -0.1) is 0 Å². The fraction of sp³-hybridized carbons (Fsp3) is 0.222. The molecule has 2 heterocycles. The van der Waals surface area contributed by atoms with Crippen LogP contribution in [0.1, 0.15) is 0 Å². The molecule has 0 spiro atoms. The first-order valence-electron chi connectivity index (χ1n) is 8.00. The predicted molar refractivity (Wildman–Crippen MR) is 93.4 cm³/mol. The first-order chi connectivity index (χ1) is 12.7. The number of imide groups is 1. The van der Waals surface area contributed by atoms with Crippen LogP contribution in [-0.2, 0) is 9.59 Å². The zero-order valence-electron chi connectivity index (χ0n) is 14.2. The predicted octanol–water partition coefficient (Wildman–Crippen LogP) is 2.20. The zero-order chi connectivity index (χ0) is 18.3. The third-order valence-corrected chi connectivity index (χ3v) is 4.43. The number of nitrogens with zero attached hydrogens (tertiary/aromatic N) is 4. The largest absolute Gasteiger partial charge is 0.493 e. The maximum atomic E-state index is 13.0. The van der Waals surface area contributed by atoms with Gasteiger partial charge in [0.05, 0.1) is 25.6 Å². The molecule has 4 rings (SSSR count). The number of hydrogen-bond donors (Lipinski definition) is 0. The van der Waals surface area contributed by atoms with Gasteiger partial charge in [0.15, 0.2) is 23.6 Å². The van der Waals surface area contributed by atoms with Gasteiger partial charge < -0.3 is 9.47 Å². The van der Waals surface area contributed by atoms with Crippen LogP contribution in [0.3, 0.4) is 0 Å². The Morgan fingerprint density at radius 2 is 1.62 bits per heavy atom. The minimum Gasteiger partial charge on any atom is -0.493 e. The molecule has 2 unspecified atom stereocenters. The Hall–Kier alpha value is -3.42. The number of anilines is 2. The van der Waals surface area contributed by atoms with E-state index in [4.69, 9.17) is 9.47 Å². The first-order valence-corrected chi connectivity index (χ1v) is 8.00. The van der Waals surface area contributed by atoms with Crippen LogP contribution in [0.15, 0.2) is 58.9 Å². The number of carbonyl (C=O) groups is 2. The van der Waals surface area contributed by atoms with Gasteiger partial charge in [-0.2, -0.15) is 5.11 Å². The smallest absolute Gasteiger partial charge is 0.263 e. The molecule has 2 aliphatic heterocycles. The van der Waals surface area contributed by atoms with Gasteiger partial charge >= 0.3 is 0 Å². The second-order valence-electron chi connectivity index (χ2n) is 5.83. The normalized spacial score (nSPS) is 21.3. The van der Waals surface area contributed by atoms with Gasteiger partial charge in [0.1, 0.15) is 0 Å². The van der Waals surface area contributed by atoms with E-state index in [1.165, 1.54) is 19.2 Å². The number of methoxy groups -OCH3 is 2. The molecule has 2 aromatic rings. The SMILES string of the molecule is COc1ccc(N2C(=O)C3N=NN(c4ccccc4)C3C2=O)cc1OC. The van der Waals surface area contributed by atoms with Gasteiger partial charge in [0.2, 0.25) is 0 Å². The maximum Gasteiger partial charge on any atom is 0.263 e. The summed E-state index contributed by atoms with van der Waals surface area (Å²) in [6, 6.07) is 12.4. The van der Waals surface area contributed by atoms with Gasteiger partial charge in [-0.25, -0.2) is 9.91 Å². The van der Waals surface area contributed by atoms with Crippen molar-refractivity contribution in [3.63, 3.8) is 0 Å². The molecule has 2 aliphatic rings. The number of amides is 2. The Morgan fingerprint density at radius 1 is 0.885 bits per heavy atom. The summed E-state index contributed by atoms with van der Waals surface area (Å²) in [4.78, 5) is 26.9. The zero-order valence-corrected chi connectivity index (χ0v) is 14.2. The summed E-state index contributed by atoms with van der Waals surface area (Å²) in [5, 5.41) is 9.54. The topological polar surface area (TPSA) is 83.8 Å². The second-order valence-corrected chi connectivity index (χ2v) is 5.83. The van der Waals surface area contributed by atoms with Crippen molar-refractivity contribution < 1.29 is 19.1 Å². The van der Waals surface area contributed by atoms with E-state index < -0.39 is 18.0 Å². The van der Waals surface area contributed by atoms with E-state index in [1.54, 1.807) is 18.2 Å². The van der Waals surface area contributed by atoms with Gasteiger partial charge in [0.25, 0.3) is 11.8 Å². The number of fused-ring (bicyclic) bond motifs is 1.